The largest absolute Gasteiger partial charge is 0.356 e. The van der Waals surface area contributed by atoms with Crippen molar-refractivity contribution < 1.29 is 4.79 Å². The van der Waals surface area contributed by atoms with E-state index in [-0.39, 0.29) is 24.4 Å². The molecule has 1 amide bonds. The van der Waals surface area contributed by atoms with E-state index in [1.165, 1.54) is 51.4 Å². The summed E-state index contributed by atoms with van der Waals surface area (Å²) in [7, 11) is 0. The molecule has 0 bridgehead atoms. The van der Waals surface area contributed by atoms with Crippen molar-refractivity contribution in [2.45, 2.75) is 76.7 Å². The van der Waals surface area contributed by atoms with Gasteiger partial charge in [-0.15, -0.1) is 12.4 Å². The lowest BCUT2D eigenvalue weighted by molar-refractivity contribution is -0.122. The van der Waals surface area contributed by atoms with Crippen LogP contribution in [0.3, 0.4) is 0 Å². The third-order valence-corrected chi connectivity index (χ3v) is 4.98. The van der Waals surface area contributed by atoms with Crippen LogP contribution in [0.4, 0.5) is 0 Å². The summed E-state index contributed by atoms with van der Waals surface area (Å²) in [6.45, 7) is 0.890. The number of hydrogen-bond donors (Lipinski definition) is 2. The first kappa shape index (κ1) is 17.8. The summed E-state index contributed by atoms with van der Waals surface area (Å²) in [5.74, 6) is 1.36. The number of rotatable bonds is 4. The summed E-state index contributed by atoms with van der Waals surface area (Å²) in [6, 6.07) is 0.257. The maximum atomic E-state index is 12.0. The Kier molecular flexibility index (Phi) is 8.55. The molecule has 0 radical (unpaired) electrons. The van der Waals surface area contributed by atoms with Crippen LogP contribution in [0.25, 0.3) is 0 Å². The third kappa shape index (κ3) is 6.01. The molecule has 2 fully saturated rings. The SMILES string of the molecule is Cl.N[C@@H]1CCC[C@H]1CC(=O)NCC1CCCCCCC1. The Morgan fingerprint density at radius 2 is 1.60 bits per heavy atom. The number of carbonyl (C=O) groups excluding carboxylic acids is 1. The molecular formula is C16H31ClN2O. The van der Waals surface area contributed by atoms with Gasteiger partial charge in [0.15, 0.2) is 0 Å². The van der Waals surface area contributed by atoms with Crippen LogP contribution in [0.5, 0.6) is 0 Å². The molecule has 0 unspecified atom stereocenters. The van der Waals surface area contributed by atoms with Gasteiger partial charge < -0.3 is 11.1 Å². The van der Waals surface area contributed by atoms with Crippen LogP contribution in [0.15, 0.2) is 0 Å². The van der Waals surface area contributed by atoms with Crippen molar-refractivity contribution in [1.29, 1.82) is 0 Å². The van der Waals surface area contributed by atoms with Crippen molar-refractivity contribution in [3.8, 4) is 0 Å². The molecule has 20 heavy (non-hydrogen) atoms. The second kappa shape index (κ2) is 9.62. The smallest absolute Gasteiger partial charge is 0.220 e. The number of amides is 1. The lowest BCUT2D eigenvalue weighted by Crippen LogP contribution is -2.34. The second-order valence-electron chi connectivity index (χ2n) is 6.57. The summed E-state index contributed by atoms with van der Waals surface area (Å²) in [5, 5.41) is 3.15. The molecule has 4 heteroatoms. The van der Waals surface area contributed by atoms with E-state index in [2.05, 4.69) is 5.32 Å². The van der Waals surface area contributed by atoms with Gasteiger partial charge >= 0.3 is 0 Å². The zero-order valence-electron chi connectivity index (χ0n) is 12.6. The van der Waals surface area contributed by atoms with Gasteiger partial charge in [-0.2, -0.15) is 0 Å². The van der Waals surface area contributed by atoms with Crippen LogP contribution in [0.1, 0.15) is 70.6 Å². The van der Waals surface area contributed by atoms with Crippen LogP contribution in [0, 0.1) is 11.8 Å². The first-order chi connectivity index (χ1) is 9.25. The molecule has 118 valence electrons. The van der Waals surface area contributed by atoms with Gasteiger partial charge in [-0.1, -0.05) is 38.5 Å². The summed E-state index contributed by atoms with van der Waals surface area (Å²) < 4.78 is 0. The van der Waals surface area contributed by atoms with Gasteiger partial charge in [-0.05, 0) is 37.5 Å². The molecule has 0 heterocycles. The molecule has 2 rings (SSSR count). The Balaban J connectivity index is 0.00000200. The highest BCUT2D eigenvalue weighted by Gasteiger charge is 2.26. The predicted octanol–water partition coefficient (Wildman–Crippen LogP) is 3.40. The molecule has 3 nitrogen and oxygen atoms in total. The predicted molar refractivity (Wildman–Crippen MR) is 86.0 cm³/mol. The van der Waals surface area contributed by atoms with E-state index < -0.39 is 0 Å². The van der Waals surface area contributed by atoms with Crippen molar-refractivity contribution in [3.63, 3.8) is 0 Å². The number of nitrogens with one attached hydrogen (secondary N) is 1. The fourth-order valence-electron chi connectivity index (χ4n) is 3.63. The minimum Gasteiger partial charge on any atom is -0.356 e. The van der Waals surface area contributed by atoms with Gasteiger partial charge in [0.1, 0.15) is 0 Å². The first-order valence-corrected chi connectivity index (χ1v) is 8.28. The first-order valence-electron chi connectivity index (χ1n) is 8.28. The molecule has 3 N–H and O–H groups in total. The molecule has 2 aliphatic rings. The van der Waals surface area contributed by atoms with Crippen molar-refractivity contribution >= 4 is 18.3 Å². The van der Waals surface area contributed by atoms with Gasteiger partial charge in [0, 0.05) is 19.0 Å². The monoisotopic (exact) mass is 302 g/mol. The Morgan fingerprint density at radius 1 is 0.950 bits per heavy atom. The standard InChI is InChI=1S/C16H30N2O.ClH/c17-15-10-6-9-14(15)11-16(19)18-12-13-7-4-2-1-3-5-8-13;/h13-15H,1-12,17H2,(H,18,19);1H/t14-,15+;/m0./s1. The zero-order valence-corrected chi connectivity index (χ0v) is 13.4. The topological polar surface area (TPSA) is 55.1 Å². The Bertz CT molecular complexity index is 278. The molecule has 0 aromatic heterocycles. The maximum Gasteiger partial charge on any atom is 0.220 e. The quantitative estimate of drug-likeness (QED) is 0.836. The number of nitrogens with two attached hydrogens (primary N) is 1. The van der Waals surface area contributed by atoms with E-state index in [0.717, 1.165) is 19.4 Å². The molecular weight excluding hydrogens is 272 g/mol. The van der Waals surface area contributed by atoms with E-state index in [4.69, 9.17) is 5.73 Å². The Morgan fingerprint density at radius 3 is 2.20 bits per heavy atom. The highest BCUT2D eigenvalue weighted by Crippen LogP contribution is 2.27. The second-order valence-corrected chi connectivity index (χ2v) is 6.57. The number of halogens is 1. The van der Waals surface area contributed by atoms with Crippen LogP contribution in [-0.4, -0.2) is 18.5 Å². The van der Waals surface area contributed by atoms with Gasteiger partial charge in [0.2, 0.25) is 5.91 Å². The van der Waals surface area contributed by atoms with Crippen molar-refractivity contribution in [1.82, 2.24) is 5.32 Å². The van der Waals surface area contributed by atoms with E-state index in [1.54, 1.807) is 0 Å². The molecule has 0 spiro atoms. The average Bonchev–Trinajstić information content (AvgIpc) is 2.73. The minimum atomic E-state index is 0. The summed E-state index contributed by atoms with van der Waals surface area (Å²) in [6.07, 6.45) is 13.5. The fraction of sp³-hybridized carbons (Fsp3) is 0.938. The fourth-order valence-corrected chi connectivity index (χ4v) is 3.63. The summed E-state index contributed by atoms with van der Waals surface area (Å²) in [5.41, 5.74) is 6.02. The molecule has 0 aromatic rings. The zero-order chi connectivity index (χ0) is 13.5. The molecule has 2 saturated carbocycles. The molecule has 2 atom stereocenters. The van der Waals surface area contributed by atoms with Crippen LogP contribution >= 0.6 is 12.4 Å². The van der Waals surface area contributed by atoms with Crippen LogP contribution in [-0.2, 0) is 4.79 Å². The van der Waals surface area contributed by atoms with Crippen LogP contribution < -0.4 is 11.1 Å². The maximum absolute atomic E-state index is 12.0. The van der Waals surface area contributed by atoms with Crippen molar-refractivity contribution in [2.24, 2.45) is 17.6 Å². The van der Waals surface area contributed by atoms with Gasteiger partial charge in [0.25, 0.3) is 0 Å². The van der Waals surface area contributed by atoms with Crippen molar-refractivity contribution in [3.05, 3.63) is 0 Å². The Hall–Kier alpha value is -0.280. The highest BCUT2D eigenvalue weighted by atomic mass is 35.5. The van der Waals surface area contributed by atoms with Crippen LogP contribution in [0.2, 0.25) is 0 Å². The summed E-state index contributed by atoms with van der Waals surface area (Å²) in [4.78, 5) is 12.0. The third-order valence-electron chi connectivity index (χ3n) is 4.98. The van der Waals surface area contributed by atoms with E-state index in [1.807, 2.05) is 0 Å². The molecule has 2 aliphatic carbocycles. The van der Waals surface area contributed by atoms with Gasteiger partial charge in [-0.3, -0.25) is 4.79 Å². The summed E-state index contributed by atoms with van der Waals surface area (Å²) >= 11 is 0. The van der Waals surface area contributed by atoms with Crippen molar-refractivity contribution in [2.75, 3.05) is 6.54 Å². The normalized spacial score (nSPS) is 28.2. The van der Waals surface area contributed by atoms with E-state index >= 15 is 0 Å². The number of carbonyl (C=O) groups is 1. The van der Waals surface area contributed by atoms with E-state index in [9.17, 15) is 4.79 Å². The average molecular weight is 303 g/mol. The van der Waals surface area contributed by atoms with Gasteiger partial charge in [0.05, 0.1) is 0 Å². The lowest BCUT2D eigenvalue weighted by atomic mass is 9.91. The van der Waals surface area contributed by atoms with Gasteiger partial charge in [-0.25, -0.2) is 0 Å². The number of hydrogen-bond acceptors (Lipinski definition) is 2. The minimum absolute atomic E-state index is 0. The molecule has 0 aliphatic heterocycles. The van der Waals surface area contributed by atoms with E-state index in [0.29, 0.717) is 18.3 Å². The Labute approximate surface area is 129 Å². The molecule has 0 saturated heterocycles. The highest BCUT2D eigenvalue weighted by molar-refractivity contribution is 5.85. The molecule has 0 aromatic carbocycles. The lowest BCUT2D eigenvalue weighted by Gasteiger charge is -2.21.